The van der Waals surface area contributed by atoms with Gasteiger partial charge in [0.25, 0.3) is 0 Å². The minimum atomic E-state index is 0.707. The van der Waals surface area contributed by atoms with Crippen molar-refractivity contribution in [3.8, 4) is 44.5 Å². The number of rotatable bonds is 4. The third-order valence-electron chi connectivity index (χ3n) is 8.94. The van der Waals surface area contributed by atoms with Gasteiger partial charge in [0.05, 0.1) is 0 Å². The van der Waals surface area contributed by atoms with Crippen LogP contribution in [0, 0.1) is 0 Å². The molecule has 4 heteroatoms. The van der Waals surface area contributed by atoms with Crippen molar-refractivity contribution in [1.29, 1.82) is 0 Å². The zero-order valence-electron chi connectivity index (χ0n) is 25.2. The maximum Gasteiger partial charge on any atom is 0.0320 e. The predicted molar refractivity (Wildman–Crippen MR) is 198 cm³/mol. The average Bonchev–Trinajstić information content (AvgIpc) is 3.08. The van der Waals surface area contributed by atoms with Gasteiger partial charge < -0.3 is 22.9 Å². The summed E-state index contributed by atoms with van der Waals surface area (Å²) in [6.45, 7) is 0. The summed E-state index contributed by atoms with van der Waals surface area (Å²) in [5, 5.41) is 6.64. The maximum atomic E-state index is 6.57. The lowest BCUT2D eigenvalue weighted by Gasteiger charge is -2.25. The zero-order chi connectivity index (χ0) is 31.4. The molecule has 0 fully saturated rings. The van der Waals surface area contributed by atoms with E-state index in [0.29, 0.717) is 22.7 Å². The Bertz CT molecular complexity index is 2240. The Morgan fingerprint density at radius 3 is 0.935 bits per heavy atom. The summed E-state index contributed by atoms with van der Waals surface area (Å²) < 4.78 is 0. The Hall–Kier alpha value is -6.26. The first-order chi connectivity index (χ1) is 22.5. The first-order valence-electron chi connectivity index (χ1n) is 15.3. The second-order valence-corrected chi connectivity index (χ2v) is 11.8. The first-order valence-corrected chi connectivity index (χ1v) is 15.3. The predicted octanol–water partition coefficient (Wildman–Crippen LogP) is 10.1. The third-order valence-corrected chi connectivity index (χ3v) is 8.94. The fraction of sp³-hybridized carbons (Fsp3) is 0. The summed E-state index contributed by atoms with van der Waals surface area (Å²) in [4.78, 5) is 0. The van der Waals surface area contributed by atoms with Crippen LogP contribution in [0.15, 0.2) is 146 Å². The van der Waals surface area contributed by atoms with Gasteiger partial charge in [-0.15, -0.1) is 0 Å². The van der Waals surface area contributed by atoms with Gasteiger partial charge in [-0.3, -0.25) is 0 Å². The van der Waals surface area contributed by atoms with Crippen molar-refractivity contribution in [3.63, 3.8) is 0 Å². The molecule has 8 rings (SSSR count). The van der Waals surface area contributed by atoms with Gasteiger partial charge in [-0.1, -0.05) is 97.1 Å². The highest BCUT2D eigenvalue weighted by Gasteiger charge is 2.26. The van der Waals surface area contributed by atoms with Crippen molar-refractivity contribution in [3.05, 3.63) is 146 Å². The average molecular weight is 593 g/mol. The van der Waals surface area contributed by atoms with Crippen LogP contribution >= 0.6 is 0 Å². The standard InChI is InChI=1S/C42H32N4/c43-29-15-11-27(12-16-29)37-34-22-20-32(46)24-36(34)40(26-9-5-2-6-10-26)42-38(28-13-17-30(44)18-14-28)33-21-19-31(45)23-35(33)39(41(37)42)25-7-3-1-4-8-25/h1-24H,43-46H2. The van der Waals surface area contributed by atoms with Crippen LogP contribution in [-0.2, 0) is 0 Å². The van der Waals surface area contributed by atoms with E-state index >= 15 is 0 Å². The summed E-state index contributed by atoms with van der Waals surface area (Å²) in [6.07, 6.45) is 0. The second kappa shape index (κ2) is 10.7. The van der Waals surface area contributed by atoms with Crippen LogP contribution in [0.3, 0.4) is 0 Å². The molecule has 0 aliphatic heterocycles. The second-order valence-electron chi connectivity index (χ2n) is 11.8. The monoisotopic (exact) mass is 592 g/mol. The Morgan fingerprint density at radius 2 is 0.565 bits per heavy atom. The van der Waals surface area contributed by atoms with Gasteiger partial charge in [0.15, 0.2) is 0 Å². The van der Waals surface area contributed by atoms with E-state index in [9.17, 15) is 0 Å². The number of benzene rings is 8. The van der Waals surface area contributed by atoms with Crippen molar-refractivity contribution >= 4 is 55.1 Å². The minimum absolute atomic E-state index is 0.707. The molecule has 0 spiro atoms. The summed E-state index contributed by atoms with van der Waals surface area (Å²) in [5.41, 5.74) is 37.3. The molecule has 0 atom stereocenters. The largest absolute Gasteiger partial charge is 0.399 e. The topological polar surface area (TPSA) is 104 Å². The molecule has 8 N–H and O–H groups in total. The maximum absolute atomic E-state index is 6.57. The number of nitrogen functional groups attached to an aromatic ring is 4. The van der Waals surface area contributed by atoms with Crippen molar-refractivity contribution < 1.29 is 0 Å². The first kappa shape index (κ1) is 27.3. The Kier molecular flexibility index (Phi) is 6.36. The van der Waals surface area contributed by atoms with E-state index in [1.165, 1.54) is 0 Å². The fourth-order valence-electron chi connectivity index (χ4n) is 6.97. The van der Waals surface area contributed by atoms with Gasteiger partial charge >= 0.3 is 0 Å². The van der Waals surface area contributed by atoms with E-state index in [0.717, 1.165) is 76.8 Å². The molecule has 8 aromatic carbocycles. The highest BCUT2D eigenvalue weighted by molar-refractivity contribution is 6.34. The summed E-state index contributed by atoms with van der Waals surface area (Å²) in [5.74, 6) is 0. The van der Waals surface area contributed by atoms with Gasteiger partial charge in [0.2, 0.25) is 0 Å². The highest BCUT2D eigenvalue weighted by Crippen LogP contribution is 2.54. The van der Waals surface area contributed by atoms with E-state index in [4.69, 9.17) is 22.9 Å². The lowest BCUT2D eigenvalue weighted by Crippen LogP contribution is -1.99. The lowest BCUT2D eigenvalue weighted by atomic mass is 9.77. The molecule has 0 bridgehead atoms. The number of fused-ring (bicyclic) bond motifs is 3. The van der Waals surface area contributed by atoms with E-state index in [-0.39, 0.29) is 0 Å². The third kappa shape index (κ3) is 4.39. The van der Waals surface area contributed by atoms with Crippen LogP contribution in [0.1, 0.15) is 0 Å². The lowest BCUT2D eigenvalue weighted by molar-refractivity contribution is 1.62. The molecule has 46 heavy (non-hydrogen) atoms. The molecule has 0 saturated carbocycles. The van der Waals surface area contributed by atoms with Crippen LogP contribution in [0.4, 0.5) is 22.7 Å². The smallest absolute Gasteiger partial charge is 0.0320 e. The van der Waals surface area contributed by atoms with E-state index in [1.807, 2.05) is 36.4 Å². The molecule has 0 amide bonds. The molecular weight excluding hydrogens is 560 g/mol. The quantitative estimate of drug-likeness (QED) is 0.121. The van der Waals surface area contributed by atoms with Crippen molar-refractivity contribution in [1.82, 2.24) is 0 Å². The van der Waals surface area contributed by atoms with E-state index < -0.39 is 0 Å². The molecule has 0 saturated heterocycles. The van der Waals surface area contributed by atoms with Gasteiger partial charge in [0.1, 0.15) is 0 Å². The van der Waals surface area contributed by atoms with Crippen molar-refractivity contribution in [2.75, 3.05) is 22.9 Å². The zero-order valence-corrected chi connectivity index (χ0v) is 25.2. The summed E-state index contributed by atoms with van der Waals surface area (Å²) >= 11 is 0. The van der Waals surface area contributed by atoms with Crippen LogP contribution in [0.25, 0.3) is 76.8 Å². The van der Waals surface area contributed by atoms with Crippen LogP contribution in [-0.4, -0.2) is 0 Å². The van der Waals surface area contributed by atoms with Crippen LogP contribution in [0.5, 0.6) is 0 Å². The minimum Gasteiger partial charge on any atom is -0.399 e. The Balaban J connectivity index is 1.77. The van der Waals surface area contributed by atoms with Gasteiger partial charge in [-0.25, -0.2) is 0 Å². The Labute approximate surface area is 267 Å². The Morgan fingerprint density at radius 1 is 0.261 bits per heavy atom. The molecular formula is C42H32N4. The molecule has 0 aromatic heterocycles. The van der Waals surface area contributed by atoms with Crippen molar-refractivity contribution in [2.24, 2.45) is 0 Å². The molecule has 0 heterocycles. The SMILES string of the molecule is Nc1ccc(-c2c3ccc(N)cc3c(-c3ccccc3)c3c(-c4ccc(N)cc4)c4ccc(N)cc4c(-c4ccccc4)c23)cc1. The van der Waals surface area contributed by atoms with Crippen LogP contribution < -0.4 is 22.9 Å². The van der Waals surface area contributed by atoms with Crippen LogP contribution in [0.2, 0.25) is 0 Å². The van der Waals surface area contributed by atoms with E-state index in [1.54, 1.807) is 0 Å². The van der Waals surface area contributed by atoms with Crippen molar-refractivity contribution in [2.45, 2.75) is 0 Å². The molecule has 0 radical (unpaired) electrons. The number of hydrogen-bond donors (Lipinski definition) is 4. The van der Waals surface area contributed by atoms with Gasteiger partial charge in [0, 0.05) is 22.7 Å². The molecule has 220 valence electrons. The molecule has 0 aliphatic carbocycles. The molecule has 4 nitrogen and oxygen atoms in total. The van der Waals surface area contributed by atoms with Gasteiger partial charge in [-0.05, 0) is 125 Å². The molecule has 8 aromatic rings. The summed E-state index contributed by atoms with van der Waals surface area (Å²) in [6, 6.07) is 50.1. The molecule has 0 unspecified atom stereocenters. The van der Waals surface area contributed by atoms with E-state index in [2.05, 4.69) is 109 Å². The highest BCUT2D eigenvalue weighted by atomic mass is 14.6. The molecule has 0 aliphatic rings. The summed E-state index contributed by atoms with van der Waals surface area (Å²) in [7, 11) is 0. The normalized spacial score (nSPS) is 11.4. The number of anilines is 4. The number of nitrogens with two attached hydrogens (primary N) is 4. The van der Waals surface area contributed by atoms with Gasteiger partial charge in [-0.2, -0.15) is 0 Å². The number of hydrogen-bond acceptors (Lipinski definition) is 4. The fourth-order valence-corrected chi connectivity index (χ4v) is 6.97.